The topological polar surface area (TPSA) is 79.0 Å². The number of rotatable bonds is 4. The number of carbonyl (C=O) groups is 1. The van der Waals surface area contributed by atoms with Crippen LogP contribution in [0.3, 0.4) is 0 Å². The molecule has 0 spiro atoms. The van der Waals surface area contributed by atoms with Gasteiger partial charge < -0.3 is 15.4 Å². The predicted molar refractivity (Wildman–Crippen MR) is 91.3 cm³/mol. The number of nitrogens with one attached hydrogen (secondary N) is 3. The van der Waals surface area contributed by atoms with Gasteiger partial charge in [-0.3, -0.25) is 9.89 Å². The molecule has 0 bridgehead atoms. The number of benzene rings is 1. The Bertz CT molecular complexity index is 728. The first-order valence-corrected chi connectivity index (χ1v) is 8.51. The smallest absolute Gasteiger partial charge is 0.276 e. The number of aromatic nitrogens is 2. The second kappa shape index (κ2) is 6.37. The van der Waals surface area contributed by atoms with Crippen molar-refractivity contribution in [3.05, 3.63) is 46.8 Å². The molecule has 2 fully saturated rings. The van der Waals surface area contributed by atoms with Gasteiger partial charge in [-0.05, 0) is 37.5 Å². The van der Waals surface area contributed by atoms with Gasteiger partial charge in [-0.2, -0.15) is 5.10 Å². The number of morpholine rings is 1. The van der Waals surface area contributed by atoms with Crippen LogP contribution in [-0.2, 0) is 4.74 Å². The minimum atomic E-state index is -0.168. The van der Waals surface area contributed by atoms with E-state index >= 15 is 0 Å². The van der Waals surface area contributed by atoms with E-state index in [1.165, 1.54) is 12.8 Å². The van der Waals surface area contributed by atoms with E-state index in [1.54, 1.807) is 0 Å². The molecule has 1 aromatic carbocycles. The summed E-state index contributed by atoms with van der Waals surface area (Å²) in [5, 5.41) is 13.5. The number of nitrogens with zero attached hydrogens (tertiary/aromatic N) is 1. The van der Waals surface area contributed by atoms with Gasteiger partial charge in [0.1, 0.15) is 0 Å². The first-order valence-electron chi connectivity index (χ1n) is 8.51. The van der Waals surface area contributed by atoms with E-state index in [9.17, 15) is 4.79 Å². The molecule has 1 saturated carbocycles. The van der Waals surface area contributed by atoms with Crippen LogP contribution < -0.4 is 10.6 Å². The Morgan fingerprint density at radius 2 is 2.08 bits per heavy atom. The van der Waals surface area contributed by atoms with Crippen molar-refractivity contribution in [1.29, 1.82) is 0 Å². The third-order valence-corrected chi connectivity index (χ3v) is 4.72. The zero-order valence-electron chi connectivity index (χ0n) is 13.8. The van der Waals surface area contributed by atoms with Crippen molar-refractivity contribution in [1.82, 2.24) is 15.5 Å². The van der Waals surface area contributed by atoms with E-state index < -0.39 is 0 Å². The zero-order valence-corrected chi connectivity index (χ0v) is 13.8. The molecule has 6 heteroatoms. The van der Waals surface area contributed by atoms with Crippen LogP contribution in [-0.4, -0.2) is 35.8 Å². The van der Waals surface area contributed by atoms with Gasteiger partial charge in [-0.25, -0.2) is 0 Å². The fourth-order valence-corrected chi connectivity index (χ4v) is 3.15. The van der Waals surface area contributed by atoms with Crippen molar-refractivity contribution in [3.63, 3.8) is 0 Å². The molecule has 2 aromatic rings. The Kier molecular flexibility index (Phi) is 4.08. The standard InChI is InChI=1S/C18H22N4O2/c1-11-16(13-2-3-13)21-22-17(11)18(23)20-14-6-4-12(5-7-14)15-10-19-8-9-24-15/h4-7,13,15,19H,2-3,8-10H2,1H3,(H,20,23)(H,21,22). The van der Waals surface area contributed by atoms with Crippen LogP contribution in [0.4, 0.5) is 5.69 Å². The normalized spacial score (nSPS) is 20.8. The number of hydrogen-bond donors (Lipinski definition) is 3. The second-order valence-electron chi connectivity index (χ2n) is 6.52. The molecule has 24 heavy (non-hydrogen) atoms. The Morgan fingerprint density at radius 3 is 2.75 bits per heavy atom. The van der Waals surface area contributed by atoms with Crippen molar-refractivity contribution in [3.8, 4) is 0 Å². The summed E-state index contributed by atoms with van der Waals surface area (Å²) in [6, 6.07) is 7.82. The molecular weight excluding hydrogens is 304 g/mol. The molecule has 1 saturated heterocycles. The molecule has 0 radical (unpaired) electrons. The van der Waals surface area contributed by atoms with Crippen LogP contribution >= 0.6 is 0 Å². The monoisotopic (exact) mass is 326 g/mol. The van der Waals surface area contributed by atoms with E-state index in [2.05, 4.69) is 20.8 Å². The third kappa shape index (κ3) is 3.07. The highest BCUT2D eigenvalue weighted by Gasteiger charge is 2.29. The van der Waals surface area contributed by atoms with Crippen LogP contribution in [0.1, 0.15) is 52.2 Å². The lowest BCUT2D eigenvalue weighted by molar-refractivity contribution is 0.0277. The second-order valence-corrected chi connectivity index (χ2v) is 6.52. The number of amides is 1. The molecule has 2 heterocycles. The van der Waals surface area contributed by atoms with E-state index in [0.29, 0.717) is 11.6 Å². The van der Waals surface area contributed by atoms with Crippen LogP contribution in [0.25, 0.3) is 0 Å². The average molecular weight is 326 g/mol. The molecule has 1 unspecified atom stereocenters. The Balaban J connectivity index is 1.43. The van der Waals surface area contributed by atoms with Gasteiger partial charge in [0.25, 0.3) is 5.91 Å². The number of ether oxygens (including phenoxy) is 1. The quantitative estimate of drug-likeness (QED) is 0.806. The highest BCUT2D eigenvalue weighted by atomic mass is 16.5. The maximum Gasteiger partial charge on any atom is 0.276 e. The van der Waals surface area contributed by atoms with Gasteiger partial charge in [0.15, 0.2) is 5.69 Å². The SMILES string of the molecule is Cc1c(C(=O)Nc2ccc(C3CNCCO3)cc2)n[nH]c1C1CC1. The molecule has 2 aliphatic rings. The van der Waals surface area contributed by atoms with E-state index in [-0.39, 0.29) is 12.0 Å². The summed E-state index contributed by atoms with van der Waals surface area (Å²) >= 11 is 0. The van der Waals surface area contributed by atoms with Crippen molar-refractivity contribution in [2.75, 3.05) is 25.0 Å². The Labute approximate surface area is 141 Å². The summed E-state index contributed by atoms with van der Waals surface area (Å²) in [4.78, 5) is 12.4. The molecule has 4 rings (SSSR count). The predicted octanol–water partition coefficient (Wildman–Crippen LogP) is 2.51. The summed E-state index contributed by atoms with van der Waals surface area (Å²) in [6.45, 7) is 4.41. The van der Waals surface area contributed by atoms with E-state index in [0.717, 1.165) is 42.2 Å². The van der Waals surface area contributed by atoms with Crippen LogP contribution in [0.15, 0.2) is 24.3 Å². The Hall–Kier alpha value is -2.18. The zero-order chi connectivity index (χ0) is 16.5. The van der Waals surface area contributed by atoms with Gasteiger partial charge in [-0.15, -0.1) is 0 Å². The first-order chi connectivity index (χ1) is 11.7. The van der Waals surface area contributed by atoms with Crippen molar-refractivity contribution < 1.29 is 9.53 Å². The third-order valence-electron chi connectivity index (χ3n) is 4.72. The number of carbonyl (C=O) groups excluding carboxylic acids is 1. The molecule has 3 N–H and O–H groups in total. The maximum atomic E-state index is 12.4. The number of aromatic amines is 1. The largest absolute Gasteiger partial charge is 0.371 e. The van der Waals surface area contributed by atoms with Gasteiger partial charge in [0.2, 0.25) is 0 Å². The van der Waals surface area contributed by atoms with Crippen molar-refractivity contribution in [2.24, 2.45) is 0 Å². The van der Waals surface area contributed by atoms with Crippen molar-refractivity contribution in [2.45, 2.75) is 31.8 Å². The van der Waals surface area contributed by atoms with Crippen molar-refractivity contribution >= 4 is 11.6 Å². The molecule has 126 valence electrons. The van der Waals surface area contributed by atoms with Crippen LogP contribution in [0.2, 0.25) is 0 Å². The molecular formula is C18H22N4O2. The maximum absolute atomic E-state index is 12.4. The van der Waals surface area contributed by atoms with Crippen LogP contribution in [0, 0.1) is 6.92 Å². The van der Waals surface area contributed by atoms with Gasteiger partial charge in [-0.1, -0.05) is 12.1 Å². The average Bonchev–Trinajstić information content (AvgIpc) is 3.38. The fourth-order valence-electron chi connectivity index (χ4n) is 3.15. The summed E-state index contributed by atoms with van der Waals surface area (Å²) < 4.78 is 5.74. The number of anilines is 1. The first kappa shape index (κ1) is 15.4. The summed E-state index contributed by atoms with van der Waals surface area (Å²) in [5.74, 6) is 0.390. The molecule has 1 aliphatic carbocycles. The summed E-state index contributed by atoms with van der Waals surface area (Å²) in [5.41, 5.74) is 4.45. The van der Waals surface area contributed by atoms with E-state index in [1.807, 2.05) is 31.2 Å². The molecule has 1 atom stereocenters. The molecule has 1 amide bonds. The summed E-state index contributed by atoms with van der Waals surface area (Å²) in [6.07, 6.45) is 2.45. The van der Waals surface area contributed by atoms with Gasteiger partial charge >= 0.3 is 0 Å². The van der Waals surface area contributed by atoms with Gasteiger partial charge in [0.05, 0.1) is 12.7 Å². The number of H-pyrrole nitrogens is 1. The van der Waals surface area contributed by atoms with E-state index in [4.69, 9.17) is 4.74 Å². The summed E-state index contributed by atoms with van der Waals surface area (Å²) in [7, 11) is 0. The lowest BCUT2D eigenvalue weighted by Gasteiger charge is -2.24. The van der Waals surface area contributed by atoms with Crippen LogP contribution in [0.5, 0.6) is 0 Å². The highest BCUT2D eigenvalue weighted by Crippen LogP contribution is 2.40. The lowest BCUT2D eigenvalue weighted by atomic mass is 10.1. The molecule has 1 aliphatic heterocycles. The minimum Gasteiger partial charge on any atom is -0.371 e. The number of hydrogen-bond acceptors (Lipinski definition) is 4. The fraction of sp³-hybridized carbons (Fsp3) is 0.444. The highest BCUT2D eigenvalue weighted by molar-refractivity contribution is 6.04. The molecule has 6 nitrogen and oxygen atoms in total. The lowest BCUT2D eigenvalue weighted by Crippen LogP contribution is -2.33. The molecule has 1 aromatic heterocycles. The Morgan fingerprint density at radius 1 is 1.29 bits per heavy atom. The van der Waals surface area contributed by atoms with Gasteiger partial charge in [0, 0.05) is 36.0 Å². The minimum absolute atomic E-state index is 0.0817.